The maximum Gasteiger partial charge on any atom is 0.0540 e. The van der Waals surface area contributed by atoms with Crippen LogP contribution in [0.5, 0.6) is 0 Å². The fourth-order valence-corrected chi connectivity index (χ4v) is 10.2. The van der Waals surface area contributed by atoms with Crippen LogP contribution in [0.4, 0.5) is 17.1 Å². The van der Waals surface area contributed by atoms with Crippen LogP contribution in [-0.2, 0) is 5.41 Å². The maximum absolute atomic E-state index is 2.43. The summed E-state index contributed by atoms with van der Waals surface area (Å²) in [5, 5.41) is 5.09. The Morgan fingerprint density at radius 2 is 0.842 bits per heavy atom. The van der Waals surface area contributed by atoms with E-state index in [4.69, 9.17) is 0 Å². The molecule has 0 radical (unpaired) electrons. The largest absolute Gasteiger partial charge is 0.310 e. The van der Waals surface area contributed by atoms with Crippen LogP contribution >= 0.6 is 11.3 Å². The SMILES string of the molecule is CC1(C)c2ccccc2-c2ccc(-c3ccc4sc5ccc(-c6ccc(-c7ccc(N(c8ccccc8)c8ccccc8)c8ccccc78)cc6)cc5c4c3)cc21. The molecule has 0 aliphatic heterocycles. The van der Waals surface area contributed by atoms with Gasteiger partial charge in [-0.05, 0) is 122 Å². The average molecular weight is 746 g/mol. The third kappa shape index (κ3) is 5.51. The van der Waals surface area contributed by atoms with E-state index in [1.54, 1.807) is 0 Å². The molecule has 1 nitrogen and oxygen atoms in total. The van der Waals surface area contributed by atoms with Gasteiger partial charge in [-0.1, -0.05) is 153 Å². The van der Waals surface area contributed by atoms with Gasteiger partial charge in [0.1, 0.15) is 0 Å². The zero-order chi connectivity index (χ0) is 38.1. The molecule has 0 N–H and O–H groups in total. The fraction of sp³-hybridized carbons (Fsp3) is 0.0545. The average Bonchev–Trinajstić information content (AvgIpc) is 3.75. The van der Waals surface area contributed by atoms with Crippen LogP contribution in [0.25, 0.3) is 75.5 Å². The summed E-state index contributed by atoms with van der Waals surface area (Å²) in [6.07, 6.45) is 0. The zero-order valence-electron chi connectivity index (χ0n) is 31.9. The predicted molar refractivity (Wildman–Crippen MR) is 245 cm³/mol. The lowest BCUT2D eigenvalue weighted by Gasteiger charge is -2.27. The van der Waals surface area contributed by atoms with Crippen molar-refractivity contribution < 1.29 is 0 Å². The minimum atomic E-state index is -0.0198. The molecule has 1 aromatic heterocycles. The van der Waals surface area contributed by atoms with E-state index < -0.39 is 0 Å². The molecule has 57 heavy (non-hydrogen) atoms. The van der Waals surface area contributed by atoms with Gasteiger partial charge in [-0.25, -0.2) is 0 Å². The number of hydrogen-bond donors (Lipinski definition) is 0. The number of thiophene rings is 1. The van der Waals surface area contributed by atoms with Crippen molar-refractivity contribution >= 4 is 59.3 Å². The quantitative estimate of drug-likeness (QED) is 0.164. The maximum atomic E-state index is 2.43. The molecule has 270 valence electrons. The number of anilines is 3. The summed E-state index contributed by atoms with van der Waals surface area (Å²) in [5.41, 5.74) is 16.4. The molecule has 1 heterocycles. The van der Waals surface area contributed by atoms with E-state index in [9.17, 15) is 0 Å². The van der Waals surface area contributed by atoms with Crippen LogP contribution in [0.2, 0.25) is 0 Å². The Balaban J connectivity index is 0.943. The van der Waals surface area contributed by atoms with E-state index >= 15 is 0 Å². The molecular weight excluding hydrogens is 707 g/mol. The summed E-state index contributed by atoms with van der Waals surface area (Å²) >= 11 is 1.88. The molecule has 0 spiro atoms. The second-order valence-corrected chi connectivity index (χ2v) is 16.8. The Morgan fingerprint density at radius 1 is 0.351 bits per heavy atom. The van der Waals surface area contributed by atoms with Crippen molar-refractivity contribution in [3.63, 3.8) is 0 Å². The van der Waals surface area contributed by atoms with Crippen LogP contribution in [0.1, 0.15) is 25.0 Å². The molecule has 0 unspecified atom stereocenters. The lowest BCUT2D eigenvalue weighted by molar-refractivity contribution is 0.660. The third-order valence-electron chi connectivity index (χ3n) is 12.1. The molecule has 0 atom stereocenters. The highest BCUT2D eigenvalue weighted by Crippen LogP contribution is 2.50. The van der Waals surface area contributed by atoms with Gasteiger partial charge in [0.2, 0.25) is 0 Å². The molecule has 0 bridgehead atoms. The molecule has 0 fully saturated rings. The molecule has 1 aliphatic carbocycles. The van der Waals surface area contributed by atoms with Gasteiger partial charge in [0.05, 0.1) is 5.69 Å². The summed E-state index contributed by atoms with van der Waals surface area (Å²) in [6.45, 7) is 4.71. The minimum absolute atomic E-state index is 0.0198. The number of fused-ring (bicyclic) bond motifs is 7. The normalized spacial score (nSPS) is 12.9. The highest BCUT2D eigenvalue weighted by atomic mass is 32.1. The predicted octanol–water partition coefficient (Wildman–Crippen LogP) is 16.0. The Kier molecular flexibility index (Phi) is 7.77. The standard InChI is InChI=1S/C55H39NS/c1-55(2)50-20-12-11-18-45(50)46-28-25-40(35-51(46)55)39-27-32-54-49(34-39)48-33-38(26-31-53(48)57-54)36-21-23-37(24-22-36)43-29-30-52(47-19-10-9-17-44(43)47)56(41-13-5-3-6-14-41)42-15-7-4-8-16-42/h3-35H,1-2H3. The van der Waals surface area contributed by atoms with Crippen molar-refractivity contribution in [2.75, 3.05) is 4.90 Å². The van der Waals surface area contributed by atoms with Gasteiger partial charge in [-0.15, -0.1) is 11.3 Å². The highest BCUT2D eigenvalue weighted by molar-refractivity contribution is 7.25. The summed E-state index contributed by atoms with van der Waals surface area (Å²) in [5.74, 6) is 0. The second kappa shape index (κ2) is 13.2. The number of para-hydroxylation sites is 2. The van der Waals surface area contributed by atoms with Crippen LogP contribution in [0.15, 0.2) is 200 Å². The van der Waals surface area contributed by atoms with Crippen molar-refractivity contribution in [1.29, 1.82) is 0 Å². The smallest absolute Gasteiger partial charge is 0.0540 e. The van der Waals surface area contributed by atoms with E-state index in [2.05, 4.69) is 219 Å². The molecule has 1 aliphatic rings. The Labute approximate surface area is 337 Å². The van der Waals surface area contributed by atoms with Gasteiger partial charge in [0.25, 0.3) is 0 Å². The van der Waals surface area contributed by atoms with Crippen molar-refractivity contribution in [3.05, 3.63) is 211 Å². The third-order valence-corrected chi connectivity index (χ3v) is 13.2. The molecule has 0 saturated carbocycles. The molecule has 10 aromatic rings. The number of benzene rings is 9. The van der Waals surface area contributed by atoms with Crippen LogP contribution in [0.3, 0.4) is 0 Å². The highest BCUT2D eigenvalue weighted by Gasteiger charge is 2.35. The van der Waals surface area contributed by atoms with Crippen molar-refractivity contribution in [2.45, 2.75) is 19.3 Å². The minimum Gasteiger partial charge on any atom is -0.310 e. The molecule has 11 rings (SSSR count). The van der Waals surface area contributed by atoms with Crippen molar-refractivity contribution in [1.82, 2.24) is 0 Å². The lowest BCUT2D eigenvalue weighted by Crippen LogP contribution is -2.14. The van der Waals surface area contributed by atoms with E-state index in [-0.39, 0.29) is 5.41 Å². The first-order valence-corrected chi connectivity index (χ1v) is 20.6. The monoisotopic (exact) mass is 745 g/mol. The summed E-state index contributed by atoms with van der Waals surface area (Å²) < 4.78 is 2.64. The second-order valence-electron chi connectivity index (χ2n) is 15.7. The molecule has 0 saturated heterocycles. The van der Waals surface area contributed by atoms with Gasteiger partial charge < -0.3 is 4.90 Å². The zero-order valence-corrected chi connectivity index (χ0v) is 32.7. The van der Waals surface area contributed by atoms with Crippen LogP contribution in [0, 0.1) is 0 Å². The first-order chi connectivity index (χ1) is 28.0. The van der Waals surface area contributed by atoms with Gasteiger partial charge in [0.15, 0.2) is 0 Å². The number of hydrogen-bond acceptors (Lipinski definition) is 2. The van der Waals surface area contributed by atoms with E-state index in [1.165, 1.54) is 86.6 Å². The van der Waals surface area contributed by atoms with E-state index in [1.807, 2.05) is 11.3 Å². The van der Waals surface area contributed by atoms with Gasteiger partial charge in [-0.2, -0.15) is 0 Å². The van der Waals surface area contributed by atoms with Gasteiger partial charge >= 0.3 is 0 Å². The van der Waals surface area contributed by atoms with Crippen LogP contribution < -0.4 is 4.90 Å². The molecule has 2 heteroatoms. The van der Waals surface area contributed by atoms with Gasteiger partial charge in [-0.3, -0.25) is 0 Å². The van der Waals surface area contributed by atoms with Gasteiger partial charge in [0, 0.05) is 42.3 Å². The first-order valence-electron chi connectivity index (χ1n) is 19.8. The summed E-state index contributed by atoms with van der Waals surface area (Å²) in [4.78, 5) is 2.36. The Morgan fingerprint density at radius 3 is 1.53 bits per heavy atom. The molecule has 0 amide bonds. The van der Waals surface area contributed by atoms with Crippen molar-refractivity contribution in [3.8, 4) is 44.5 Å². The summed E-state index contributed by atoms with van der Waals surface area (Å²) in [7, 11) is 0. The topological polar surface area (TPSA) is 3.24 Å². The Hall–Kier alpha value is -6.74. The molecule has 9 aromatic carbocycles. The fourth-order valence-electron chi connectivity index (χ4n) is 9.17. The first kappa shape index (κ1) is 33.6. The van der Waals surface area contributed by atoms with E-state index in [0.29, 0.717) is 0 Å². The number of rotatable bonds is 6. The lowest BCUT2D eigenvalue weighted by atomic mass is 9.81. The Bertz CT molecular complexity index is 3100. The van der Waals surface area contributed by atoms with Crippen LogP contribution in [-0.4, -0.2) is 0 Å². The summed E-state index contributed by atoms with van der Waals surface area (Å²) in [6, 6.07) is 73.7. The molecular formula is C55H39NS. The number of nitrogens with zero attached hydrogens (tertiary/aromatic N) is 1. The van der Waals surface area contributed by atoms with Crippen molar-refractivity contribution in [2.24, 2.45) is 0 Å². The van der Waals surface area contributed by atoms with E-state index in [0.717, 1.165) is 17.1 Å².